The van der Waals surface area contributed by atoms with E-state index >= 15 is 0 Å². The zero-order valence-corrected chi connectivity index (χ0v) is 16.5. The Morgan fingerprint density at radius 1 is 0.600 bits per heavy atom. The van der Waals surface area contributed by atoms with Crippen LogP contribution < -0.4 is 4.90 Å². The number of hydrogen-bond donors (Lipinski definition) is 2. The highest BCUT2D eigenvalue weighted by Crippen LogP contribution is 2.48. The van der Waals surface area contributed by atoms with Crippen LogP contribution in [0.15, 0.2) is 103 Å². The monoisotopic (exact) mass is 393 g/mol. The van der Waals surface area contributed by atoms with E-state index in [2.05, 4.69) is 59.5 Å². The van der Waals surface area contributed by atoms with Gasteiger partial charge < -0.3 is 15.1 Å². The van der Waals surface area contributed by atoms with Crippen molar-refractivity contribution in [1.29, 1.82) is 0 Å². The molecule has 1 atom stereocenters. The maximum absolute atomic E-state index is 9.74. The lowest BCUT2D eigenvalue weighted by Gasteiger charge is -2.26. The molecule has 3 nitrogen and oxygen atoms in total. The molecule has 0 aliphatic heterocycles. The molecule has 0 amide bonds. The van der Waals surface area contributed by atoms with Gasteiger partial charge in [-0.05, 0) is 58.7 Å². The Morgan fingerprint density at radius 2 is 1.17 bits per heavy atom. The molecule has 5 rings (SSSR count). The summed E-state index contributed by atoms with van der Waals surface area (Å²) in [7, 11) is 0. The molecule has 148 valence electrons. The fourth-order valence-electron chi connectivity index (χ4n) is 4.50. The standard InChI is InChI=1S/C27H23NO2/c29-27(30)18-26-23-14-8-7-13-22(23)24-16-15-21(17-25(24)26)28(19-9-3-1-4-10-19)20-11-5-2-6-12-20/h1-17,26-27,29-30H,18H2. The first-order chi connectivity index (χ1) is 14.7. The van der Waals surface area contributed by atoms with Crippen LogP contribution in [0.2, 0.25) is 0 Å². The number of nitrogens with zero attached hydrogens (tertiary/aromatic N) is 1. The molecule has 0 spiro atoms. The average Bonchev–Trinajstić information content (AvgIpc) is 3.08. The SMILES string of the molecule is OC(O)CC1c2ccccc2-c2ccc(N(c3ccccc3)c3ccccc3)cc21. The van der Waals surface area contributed by atoms with Gasteiger partial charge in [0.25, 0.3) is 0 Å². The van der Waals surface area contributed by atoms with Crippen LogP contribution in [0.4, 0.5) is 17.1 Å². The van der Waals surface area contributed by atoms with Gasteiger partial charge in [0.1, 0.15) is 0 Å². The molecule has 0 fully saturated rings. The predicted octanol–water partition coefficient (Wildman–Crippen LogP) is 5.97. The van der Waals surface area contributed by atoms with Gasteiger partial charge in [0, 0.05) is 29.4 Å². The number of para-hydroxylation sites is 2. The van der Waals surface area contributed by atoms with Gasteiger partial charge in [-0.25, -0.2) is 0 Å². The summed E-state index contributed by atoms with van der Waals surface area (Å²) in [5.74, 6) is -0.0375. The van der Waals surface area contributed by atoms with Crippen molar-refractivity contribution in [3.8, 4) is 11.1 Å². The van der Waals surface area contributed by atoms with Crippen LogP contribution in [-0.2, 0) is 0 Å². The third kappa shape index (κ3) is 3.28. The Kier molecular flexibility index (Phi) is 4.83. The van der Waals surface area contributed by atoms with Crippen LogP contribution in [0.1, 0.15) is 23.5 Å². The fraction of sp³-hybridized carbons (Fsp3) is 0.111. The molecule has 4 aromatic rings. The van der Waals surface area contributed by atoms with Gasteiger partial charge in [-0.2, -0.15) is 0 Å². The van der Waals surface area contributed by atoms with Gasteiger partial charge in [-0.3, -0.25) is 0 Å². The van der Waals surface area contributed by atoms with Crippen molar-refractivity contribution < 1.29 is 10.2 Å². The van der Waals surface area contributed by atoms with Crippen molar-refractivity contribution >= 4 is 17.1 Å². The van der Waals surface area contributed by atoms with E-state index in [-0.39, 0.29) is 12.3 Å². The second-order valence-electron chi connectivity index (χ2n) is 7.63. The van der Waals surface area contributed by atoms with E-state index in [1.807, 2.05) is 48.5 Å². The van der Waals surface area contributed by atoms with E-state index in [1.54, 1.807) is 0 Å². The average molecular weight is 393 g/mol. The van der Waals surface area contributed by atoms with Crippen molar-refractivity contribution in [2.45, 2.75) is 18.6 Å². The normalized spacial score (nSPS) is 14.4. The number of benzene rings is 4. The second kappa shape index (κ2) is 7.79. The number of rotatable bonds is 5. The molecule has 1 aliphatic carbocycles. The smallest absolute Gasteiger partial charge is 0.152 e. The van der Waals surface area contributed by atoms with E-state index < -0.39 is 6.29 Å². The van der Waals surface area contributed by atoms with Crippen LogP contribution in [0.25, 0.3) is 11.1 Å². The largest absolute Gasteiger partial charge is 0.368 e. The zero-order valence-electron chi connectivity index (χ0n) is 16.5. The number of aliphatic hydroxyl groups excluding tert-OH is 1. The summed E-state index contributed by atoms with van der Waals surface area (Å²) in [6.45, 7) is 0. The van der Waals surface area contributed by atoms with Gasteiger partial charge in [-0.1, -0.05) is 66.7 Å². The Bertz CT molecular complexity index is 1120. The molecule has 1 unspecified atom stereocenters. The van der Waals surface area contributed by atoms with Crippen molar-refractivity contribution in [1.82, 2.24) is 0 Å². The van der Waals surface area contributed by atoms with Crippen molar-refractivity contribution in [2.24, 2.45) is 0 Å². The summed E-state index contributed by atoms with van der Waals surface area (Å²) in [4.78, 5) is 2.23. The summed E-state index contributed by atoms with van der Waals surface area (Å²) < 4.78 is 0. The molecule has 3 heteroatoms. The molecule has 0 bridgehead atoms. The molecule has 1 aliphatic rings. The van der Waals surface area contributed by atoms with Crippen molar-refractivity contribution in [3.63, 3.8) is 0 Å². The Labute approximate surface area is 176 Å². The topological polar surface area (TPSA) is 43.7 Å². The van der Waals surface area contributed by atoms with E-state index in [0.29, 0.717) is 0 Å². The summed E-state index contributed by atoms with van der Waals surface area (Å²) in [5, 5.41) is 19.5. The van der Waals surface area contributed by atoms with E-state index in [1.165, 1.54) is 11.1 Å². The van der Waals surface area contributed by atoms with Crippen LogP contribution in [-0.4, -0.2) is 16.5 Å². The first-order valence-electron chi connectivity index (χ1n) is 10.2. The summed E-state index contributed by atoms with van der Waals surface area (Å²) in [6, 6.07) is 35.4. The third-order valence-corrected chi connectivity index (χ3v) is 5.77. The first-order valence-corrected chi connectivity index (χ1v) is 10.2. The molecule has 30 heavy (non-hydrogen) atoms. The first kappa shape index (κ1) is 18.6. The van der Waals surface area contributed by atoms with Gasteiger partial charge in [-0.15, -0.1) is 0 Å². The highest BCUT2D eigenvalue weighted by Gasteiger charge is 2.30. The van der Waals surface area contributed by atoms with Crippen LogP contribution in [0, 0.1) is 0 Å². The molecular formula is C27H23NO2. The molecule has 2 N–H and O–H groups in total. The summed E-state index contributed by atoms with van der Waals surface area (Å²) in [6.07, 6.45) is -1.07. The van der Waals surface area contributed by atoms with E-state index in [0.717, 1.165) is 28.2 Å². The Morgan fingerprint density at radius 3 is 1.80 bits per heavy atom. The minimum atomic E-state index is -1.35. The lowest BCUT2D eigenvalue weighted by atomic mass is 9.93. The fourth-order valence-corrected chi connectivity index (χ4v) is 4.50. The zero-order chi connectivity index (χ0) is 20.5. The Hall–Kier alpha value is -3.40. The van der Waals surface area contributed by atoms with Gasteiger partial charge >= 0.3 is 0 Å². The van der Waals surface area contributed by atoms with Crippen molar-refractivity contribution in [2.75, 3.05) is 4.90 Å². The van der Waals surface area contributed by atoms with Crippen molar-refractivity contribution in [3.05, 3.63) is 114 Å². The minimum Gasteiger partial charge on any atom is -0.368 e. The summed E-state index contributed by atoms with van der Waals surface area (Å²) >= 11 is 0. The molecule has 0 radical (unpaired) electrons. The van der Waals surface area contributed by atoms with Gasteiger partial charge in [0.2, 0.25) is 0 Å². The molecule has 0 heterocycles. The number of hydrogen-bond acceptors (Lipinski definition) is 3. The van der Waals surface area contributed by atoms with Gasteiger partial charge in [0.15, 0.2) is 6.29 Å². The quantitative estimate of drug-likeness (QED) is 0.411. The maximum atomic E-state index is 9.74. The second-order valence-corrected chi connectivity index (χ2v) is 7.63. The molecule has 0 saturated heterocycles. The highest BCUT2D eigenvalue weighted by atomic mass is 16.5. The predicted molar refractivity (Wildman–Crippen MR) is 121 cm³/mol. The lowest BCUT2D eigenvalue weighted by Crippen LogP contribution is -2.12. The number of anilines is 3. The maximum Gasteiger partial charge on any atom is 0.152 e. The molecule has 0 saturated carbocycles. The summed E-state index contributed by atoms with van der Waals surface area (Å²) in [5.41, 5.74) is 7.85. The number of aliphatic hydroxyl groups is 2. The third-order valence-electron chi connectivity index (χ3n) is 5.77. The Balaban J connectivity index is 1.66. The van der Waals surface area contributed by atoms with E-state index in [9.17, 15) is 10.2 Å². The van der Waals surface area contributed by atoms with Crippen LogP contribution in [0.3, 0.4) is 0 Å². The molecular weight excluding hydrogens is 370 g/mol. The highest BCUT2D eigenvalue weighted by molar-refractivity contribution is 5.84. The van der Waals surface area contributed by atoms with Crippen LogP contribution in [0.5, 0.6) is 0 Å². The van der Waals surface area contributed by atoms with E-state index in [4.69, 9.17) is 0 Å². The molecule has 0 aromatic heterocycles. The number of fused-ring (bicyclic) bond motifs is 3. The molecule has 4 aromatic carbocycles. The van der Waals surface area contributed by atoms with Gasteiger partial charge in [0.05, 0.1) is 0 Å². The minimum absolute atomic E-state index is 0.0375. The van der Waals surface area contributed by atoms with Crippen LogP contribution >= 0.6 is 0 Å². The lowest BCUT2D eigenvalue weighted by molar-refractivity contribution is -0.0474.